The largest absolute Gasteiger partial charge is 0.324 e. The Morgan fingerprint density at radius 2 is 1.90 bits per heavy atom. The lowest BCUT2D eigenvalue weighted by atomic mass is 10.0. The number of aromatic nitrogens is 3. The summed E-state index contributed by atoms with van der Waals surface area (Å²) in [7, 11) is 0. The van der Waals surface area contributed by atoms with Crippen LogP contribution in [0.25, 0.3) is 0 Å². The van der Waals surface area contributed by atoms with Crippen LogP contribution in [0.5, 0.6) is 0 Å². The smallest absolute Gasteiger partial charge is 0.313 e. The number of hydrogen-bond donors (Lipinski definition) is 1. The summed E-state index contributed by atoms with van der Waals surface area (Å²) in [5.74, 6) is 1.03. The molecule has 0 aliphatic carbocycles. The molecule has 1 fully saturated rings. The number of nitrogens with one attached hydrogen (secondary N) is 1. The highest BCUT2D eigenvalue weighted by molar-refractivity contribution is 6.39. The van der Waals surface area contributed by atoms with Crippen molar-refractivity contribution < 1.29 is 9.59 Å². The second-order valence-electron chi connectivity index (χ2n) is 8.29. The molecule has 0 bridgehead atoms. The summed E-state index contributed by atoms with van der Waals surface area (Å²) in [6, 6.07) is 7.47. The first kappa shape index (κ1) is 19.6. The van der Waals surface area contributed by atoms with Crippen molar-refractivity contribution in [3.05, 3.63) is 41.5 Å². The van der Waals surface area contributed by atoms with Crippen molar-refractivity contribution in [3.63, 3.8) is 0 Å². The first-order valence-corrected chi connectivity index (χ1v) is 10.7. The minimum Gasteiger partial charge on any atom is -0.324 e. The second kappa shape index (κ2) is 8.35. The molecule has 7 nitrogen and oxygen atoms in total. The maximum absolute atomic E-state index is 13.0. The van der Waals surface area contributed by atoms with Crippen LogP contribution in [0.15, 0.2) is 24.3 Å². The number of rotatable bonds is 3. The van der Waals surface area contributed by atoms with Gasteiger partial charge in [-0.15, -0.1) is 10.2 Å². The minimum absolute atomic E-state index is 0.173. The van der Waals surface area contributed by atoms with Crippen LogP contribution in [-0.4, -0.2) is 38.0 Å². The molecule has 7 heteroatoms. The molecule has 1 atom stereocenters. The summed E-state index contributed by atoms with van der Waals surface area (Å²) in [5, 5.41) is 11.6. The quantitative estimate of drug-likeness (QED) is 0.808. The minimum atomic E-state index is -0.583. The van der Waals surface area contributed by atoms with Crippen molar-refractivity contribution in [3.8, 4) is 0 Å². The molecule has 2 aromatic rings. The number of aryl methyl sites for hydroxylation is 1. The van der Waals surface area contributed by atoms with Gasteiger partial charge in [0.15, 0.2) is 5.82 Å². The number of carbonyl (C=O) groups excluding carboxylic acids is 2. The van der Waals surface area contributed by atoms with Crippen LogP contribution in [-0.2, 0) is 22.6 Å². The van der Waals surface area contributed by atoms with E-state index >= 15 is 0 Å². The molecule has 2 aliphatic heterocycles. The maximum Gasteiger partial charge on any atom is 0.313 e. The predicted octanol–water partition coefficient (Wildman–Crippen LogP) is 3.43. The lowest BCUT2D eigenvalue weighted by Gasteiger charge is -2.24. The van der Waals surface area contributed by atoms with E-state index in [0.29, 0.717) is 12.2 Å². The molecule has 1 saturated heterocycles. The van der Waals surface area contributed by atoms with Gasteiger partial charge in [0.05, 0.1) is 6.04 Å². The van der Waals surface area contributed by atoms with Crippen LogP contribution < -0.4 is 5.32 Å². The van der Waals surface area contributed by atoms with Gasteiger partial charge in [0.2, 0.25) is 0 Å². The number of amides is 2. The lowest BCUT2D eigenvalue weighted by Crippen LogP contribution is -2.40. The molecule has 2 aliphatic rings. The third kappa shape index (κ3) is 3.91. The zero-order chi connectivity index (χ0) is 20.4. The van der Waals surface area contributed by atoms with Crippen molar-refractivity contribution >= 4 is 17.5 Å². The van der Waals surface area contributed by atoms with Gasteiger partial charge in [0, 0.05) is 25.2 Å². The van der Waals surface area contributed by atoms with E-state index in [0.717, 1.165) is 55.9 Å². The fourth-order valence-corrected chi connectivity index (χ4v) is 4.45. The molecule has 0 unspecified atom stereocenters. The Hall–Kier alpha value is -2.70. The summed E-state index contributed by atoms with van der Waals surface area (Å²) < 4.78 is 2.18. The van der Waals surface area contributed by atoms with Crippen LogP contribution in [0.1, 0.15) is 75.1 Å². The Morgan fingerprint density at radius 3 is 2.72 bits per heavy atom. The van der Waals surface area contributed by atoms with Crippen molar-refractivity contribution in [2.45, 2.75) is 70.9 Å². The van der Waals surface area contributed by atoms with E-state index in [-0.39, 0.29) is 12.0 Å². The van der Waals surface area contributed by atoms with Crippen LogP contribution in [0.3, 0.4) is 0 Å². The Labute approximate surface area is 171 Å². The highest BCUT2D eigenvalue weighted by Crippen LogP contribution is 2.33. The zero-order valence-electron chi connectivity index (χ0n) is 17.2. The molecule has 2 amide bonds. The van der Waals surface area contributed by atoms with E-state index in [2.05, 4.69) is 33.9 Å². The fourth-order valence-electron chi connectivity index (χ4n) is 4.45. The monoisotopic (exact) mass is 395 g/mol. The van der Waals surface area contributed by atoms with Crippen LogP contribution >= 0.6 is 0 Å². The Balaban J connectivity index is 1.53. The molecule has 154 valence electrons. The van der Waals surface area contributed by atoms with Gasteiger partial charge in [-0.1, -0.05) is 38.5 Å². The number of likely N-dealkylation sites (tertiary alicyclic amines) is 1. The number of nitrogens with zero attached hydrogens (tertiary/aromatic N) is 4. The van der Waals surface area contributed by atoms with Gasteiger partial charge >= 0.3 is 11.8 Å². The highest BCUT2D eigenvalue weighted by atomic mass is 16.2. The van der Waals surface area contributed by atoms with E-state index in [4.69, 9.17) is 0 Å². The SMILES string of the molecule is CC(C)c1ccccc1NC(=O)C(=O)N1CCC[C@H]1c1nnc2n1CCCCC2. The van der Waals surface area contributed by atoms with Gasteiger partial charge in [-0.25, -0.2) is 0 Å². The molecule has 29 heavy (non-hydrogen) atoms. The Kier molecular flexibility index (Phi) is 5.65. The number of anilines is 1. The van der Waals surface area contributed by atoms with Crippen molar-refractivity contribution in [2.75, 3.05) is 11.9 Å². The molecule has 0 saturated carbocycles. The molecule has 1 N–H and O–H groups in total. The summed E-state index contributed by atoms with van der Waals surface area (Å²) in [5.41, 5.74) is 1.72. The van der Waals surface area contributed by atoms with Gasteiger partial charge in [-0.05, 0) is 43.2 Å². The molecule has 0 spiro atoms. The molecular weight excluding hydrogens is 366 g/mol. The number of para-hydroxylation sites is 1. The number of hydrogen-bond acceptors (Lipinski definition) is 4. The van der Waals surface area contributed by atoms with E-state index in [1.807, 2.05) is 24.3 Å². The summed E-state index contributed by atoms with van der Waals surface area (Å²) in [4.78, 5) is 27.5. The second-order valence-corrected chi connectivity index (χ2v) is 8.29. The third-order valence-corrected chi connectivity index (χ3v) is 5.98. The third-order valence-electron chi connectivity index (χ3n) is 5.98. The predicted molar refractivity (Wildman–Crippen MR) is 110 cm³/mol. The van der Waals surface area contributed by atoms with Crippen molar-refractivity contribution in [1.82, 2.24) is 19.7 Å². The number of fused-ring (bicyclic) bond motifs is 1. The number of carbonyl (C=O) groups is 2. The lowest BCUT2D eigenvalue weighted by molar-refractivity contribution is -0.143. The van der Waals surface area contributed by atoms with Crippen molar-refractivity contribution in [2.24, 2.45) is 0 Å². The molecule has 3 heterocycles. The van der Waals surface area contributed by atoms with Gasteiger partial charge < -0.3 is 14.8 Å². The van der Waals surface area contributed by atoms with Gasteiger partial charge in [-0.3, -0.25) is 9.59 Å². The molecule has 4 rings (SSSR count). The summed E-state index contributed by atoms with van der Waals surface area (Å²) in [6.07, 6.45) is 6.04. The summed E-state index contributed by atoms with van der Waals surface area (Å²) in [6.45, 7) is 5.61. The topological polar surface area (TPSA) is 80.1 Å². The first-order chi connectivity index (χ1) is 14.1. The molecular formula is C22H29N5O2. The average Bonchev–Trinajstić information content (AvgIpc) is 3.28. The zero-order valence-corrected chi connectivity index (χ0v) is 17.2. The fraction of sp³-hybridized carbons (Fsp3) is 0.545. The van der Waals surface area contributed by atoms with Crippen LogP contribution in [0.2, 0.25) is 0 Å². The standard InChI is InChI=1S/C22H29N5O2/c1-15(2)16-9-5-6-10-17(16)23-21(28)22(29)26-14-8-11-18(26)20-25-24-19-12-4-3-7-13-27(19)20/h5-6,9-10,15,18H,3-4,7-8,11-14H2,1-2H3,(H,23,28)/t18-/m0/s1. The Morgan fingerprint density at radius 1 is 1.07 bits per heavy atom. The van der Waals surface area contributed by atoms with E-state index in [9.17, 15) is 9.59 Å². The first-order valence-electron chi connectivity index (χ1n) is 10.7. The number of benzene rings is 1. The summed E-state index contributed by atoms with van der Waals surface area (Å²) >= 11 is 0. The van der Waals surface area contributed by atoms with Gasteiger partial charge in [0.25, 0.3) is 0 Å². The molecule has 1 aromatic heterocycles. The van der Waals surface area contributed by atoms with Crippen LogP contribution in [0, 0.1) is 0 Å². The van der Waals surface area contributed by atoms with E-state index < -0.39 is 11.8 Å². The maximum atomic E-state index is 13.0. The van der Waals surface area contributed by atoms with E-state index in [1.165, 1.54) is 6.42 Å². The Bertz CT molecular complexity index is 904. The normalized spacial score (nSPS) is 19.1. The average molecular weight is 396 g/mol. The van der Waals surface area contributed by atoms with Gasteiger partial charge in [-0.2, -0.15) is 0 Å². The molecule has 1 aromatic carbocycles. The van der Waals surface area contributed by atoms with E-state index in [1.54, 1.807) is 4.90 Å². The van der Waals surface area contributed by atoms with Crippen LogP contribution in [0.4, 0.5) is 5.69 Å². The highest BCUT2D eigenvalue weighted by Gasteiger charge is 2.37. The van der Waals surface area contributed by atoms with Crippen molar-refractivity contribution in [1.29, 1.82) is 0 Å². The molecule has 0 radical (unpaired) electrons. The van der Waals surface area contributed by atoms with Gasteiger partial charge in [0.1, 0.15) is 5.82 Å².